The van der Waals surface area contributed by atoms with Crippen LogP contribution in [0.25, 0.3) is 5.69 Å². The smallest absolute Gasteiger partial charge is 0.356 e. The van der Waals surface area contributed by atoms with E-state index < -0.39 is 0 Å². The fraction of sp³-hybridized carbons (Fsp3) is 0.167. The van der Waals surface area contributed by atoms with E-state index in [1.165, 1.54) is 6.20 Å². The van der Waals surface area contributed by atoms with Crippen molar-refractivity contribution in [2.45, 2.75) is 6.92 Å². The van der Waals surface area contributed by atoms with Crippen LogP contribution in [-0.4, -0.2) is 22.1 Å². The first kappa shape index (κ1) is 11.2. The van der Waals surface area contributed by atoms with Crippen molar-refractivity contribution in [3.63, 3.8) is 0 Å². The number of aromatic nitrogens is 2. The fourth-order valence-electron chi connectivity index (χ4n) is 1.49. The first-order valence-corrected chi connectivity index (χ1v) is 5.27. The van der Waals surface area contributed by atoms with Gasteiger partial charge in [-0.2, -0.15) is 0 Å². The Labute approximate surface area is 98.8 Å². The van der Waals surface area contributed by atoms with Gasteiger partial charge in [0, 0.05) is 11.4 Å². The van der Waals surface area contributed by atoms with Gasteiger partial charge in [0.25, 0.3) is 0 Å². The summed E-state index contributed by atoms with van der Waals surface area (Å²) in [6, 6.07) is 7.17. The number of ether oxygens (including phenoxy) is 1. The zero-order chi connectivity index (χ0) is 12.3. The van der Waals surface area contributed by atoms with E-state index in [0.29, 0.717) is 18.0 Å². The minimum absolute atomic E-state index is 0.339. The van der Waals surface area contributed by atoms with Gasteiger partial charge in [-0.05, 0) is 31.2 Å². The van der Waals surface area contributed by atoms with E-state index >= 15 is 0 Å². The molecular formula is C12H13N3O2. The van der Waals surface area contributed by atoms with E-state index in [4.69, 9.17) is 10.5 Å². The van der Waals surface area contributed by atoms with Gasteiger partial charge < -0.3 is 10.5 Å². The molecule has 1 aromatic carbocycles. The molecule has 1 aromatic heterocycles. The summed E-state index contributed by atoms with van der Waals surface area (Å²) < 4.78 is 6.61. The van der Waals surface area contributed by atoms with Crippen molar-refractivity contribution in [2.75, 3.05) is 12.3 Å². The Morgan fingerprint density at radius 2 is 2.12 bits per heavy atom. The summed E-state index contributed by atoms with van der Waals surface area (Å²) in [4.78, 5) is 15.6. The number of imidazole rings is 1. The third-order valence-electron chi connectivity index (χ3n) is 2.29. The molecular weight excluding hydrogens is 218 g/mol. The minimum atomic E-state index is -0.387. The van der Waals surface area contributed by atoms with Crippen LogP contribution in [0.3, 0.4) is 0 Å². The SMILES string of the molecule is CCOC(=O)c1cncn1-c1ccc(N)cc1. The van der Waals surface area contributed by atoms with Crippen LogP contribution in [-0.2, 0) is 4.74 Å². The summed E-state index contributed by atoms with van der Waals surface area (Å²) >= 11 is 0. The van der Waals surface area contributed by atoms with Gasteiger partial charge in [-0.1, -0.05) is 0 Å². The second-order valence-corrected chi connectivity index (χ2v) is 3.46. The summed E-state index contributed by atoms with van der Waals surface area (Å²) in [5, 5.41) is 0. The van der Waals surface area contributed by atoms with Gasteiger partial charge >= 0.3 is 5.97 Å². The highest BCUT2D eigenvalue weighted by Crippen LogP contribution is 2.14. The lowest BCUT2D eigenvalue weighted by atomic mass is 10.3. The number of carbonyl (C=O) groups excluding carboxylic acids is 1. The molecule has 5 nitrogen and oxygen atoms in total. The highest BCUT2D eigenvalue weighted by molar-refractivity contribution is 5.88. The molecule has 0 amide bonds. The van der Waals surface area contributed by atoms with E-state index in [1.54, 1.807) is 30.0 Å². The third-order valence-corrected chi connectivity index (χ3v) is 2.29. The number of hydrogen-bond acceptors (Lipinski definition) is 4. The number of hydrogen-bond donors (Lipinski definition) is 1. The molecule has 0 saturated heterocycles. The highest BCUT2D eigenvalue weighted by Gasteiger charge is 2.13. The Hall–Kier alpha value is -2.30. The Balaban J connectivity index is 2.36. The number of anilines is 1. The minimum Gasteiger partial charge on any atom is -0.461 e. The lowest BCUT2D eigenvalue weighted by molar-refractivity contribution is 0.0517. The van der Waals surface area contributed by atoms with E-state index in [9.17, 15) is 4.79 Å². The van der Waals surface area contributed by atoms with Crippen molar-refractivity contribution in [3.05, 3.63) is 42.5 Å². The Bertz CT molecular complexity index is 517. The standard InChI is InChI=1S/C12H13N3O2/c1-2-17-12(16)11-7-14-8-15(11)10-5-3-9(13)4-6-10/h3-8H,2,13H2,1H3. The van der Waals surface area contributed by atoms with Crippen molar-refractivity contribution in [2.24, 2.45) is 0 Å². The van der Waals surface area contributed by atoms with Gasteiger partial charge in [0.05, 0.1) is 19.1 Å². The first-order chi connectivity index (χ1) is 8.22. The molecule has 0 atom stereocenters. The molecule has 2 rings (SSSR count). The molecule has 0 bridgehead atoms. The molecule has 0 fully saturated rings. The molecule has 0 unspecified atom stereocenters. The molecule has 1 heterocycles. The lowest BCUT2D eigenvalue weighted by Gasteiger charge is -2.07. The van der Waals surface area contributed by atoms with Crippen LogP contribution in [0, 0.1) is 0 Å². The zero-order valence-corrected chi connectivity index (χ0v) is 9.46. The molecule has 0 aliphatic heterocycles. The molecule has 0 saturated carbocycles. The summed E-state index contributed by atoms with van der Waals surface area (Å²) in [5.74, 6) is -0.387. The summed E-state index contributed by atoms with van der Waals surface area (Å²) in [7, 11) is 0. The van der Waals surface area contributed by atoms with Gasteiger partial charge in [0.2, 0.25) is 0 Å². The van der Waals surface area contributed by atoms with Gasteiger partial charge in [-0.3, -0.25) is 4.57 Å². The van der Waals surface area contributed by atoms with Gasteiger partial charge in [0.15, 0.2) is 5.69 Å². The van der Waals surface area contributed by atoms with Gasteiger partial charge in [0.1, 0.15) is 0 Å². The maximum atomic E-state index is 11.7. The van der Waals surface area contributed by atoms with E-state index in [2.05, 4.69) is 4.98 Å². The molecule has 88 valence electrons. The summed E-state index contributed by atoms with van der Waals surface area (Å²) in [5.41, 5.74) is 7.50. The van der Waals surface area contributed by atoms with Crippen molar-refractivity contribution in [1.29, 1.82) is 0 Å². The molecule has 2 aromatic rings. The van der Waals surface area contributed by atoms with Gasteiger partial charge in [-0.15, -0.1) is 0 Å². The fourth-order valence-corrected chi connectivity index (χ4v) is 1.49. The van der Waals surface area contributed by atoms with Crippen molar-refractivity contribution in [3.8, 4) is 5.69 Å². The number of nitrogens with zero attached hydrogens (tertiary/aromatic N) is 2. The quantitative estimate of drug-likeness (QED) is 0.643. The molecule has 0 radical (unpaired) electrons. The van der Waals surface area contributed by atoms with Crippen LogP contribution in [0.5, 0.6) is 0 Å². The second kappa shape index (κ2) is 4.69. The number of nitrogen functional groups attached to an aromatic ring is 1. The lowest BCUT2D eigenvalue weighted by Crippen LogP contribution is -2.10. The van der Waals surface area contributed by atoms with E-state index in [1.807, 2.05) is 12.1 Å². The normalized spacial score (nSPS) is 10.2. The average Bonchev–Trinajstić information content (AvgIpc) is 2.79. The van der Waals surface area contributed by atoms with Crippen molar-refractivity contribution < 1.29 is 9.53 Å². The maximum Gasteiger partial charge on any atom is 0.356 e. The number of nitrogens with two attached hydrogens (primary N) is 1. The Morgan fingerprint density at radius 3 is 2.76 bits per heavy atom. The van der Waals surface area contributed by atoms with E-state index in [-0.39, 0.29) is 5.97 Å². The Kier molecular flexibility index (Phi) is 3.09. The predicted molar refractivity (Wildman–Crippen MR) is 63.9 cm³/mol. The topological polar surface area (TPSA) is 70.1 Å². The molecule has 0 spiro atoms. The molecule has 5 heteroatoms. The van der Waals surface area contributed by atoms with Crippen LogP contribution >= 0.6 is 0 Å². The zero-order valence-electron chi connectivity index (χ0n) is 9.46. The molecule has 0 aliphatic rings. The third kappa shape index (κ3) is 2.28. The number of benzene rings is 1. The highest BCUT2D eigenvalue weighted by atomic mass is 16.5. The maximum absolute atomic E-state index is 11.7. The summed E-state index contributed by atoms with van der Waals surface area (Å²) in [6.45, 7) is 2.10. The average molecular weight is 231 g/mol. The molecule has 0 aliphatic carbocycles. The summed E-state index contributed by atoms with van der Waals surface area (Å²) in [6.07, 6.45) is 3.05. The van der Waals surface area contributed by atoms with Crippen LogP contribution in [0.15, 0.2) is 36.8 Å². The van der Waals surface area contributed by atoms with Crippen LogP contribution in [0.4, 0.5) is 5.69 Å². The van der Waals surface area contributed by atoms with Gasteiger partial charge in [-0.25, -0.2) is 9.78 Å². The van der Waals surface area contributed by atoms with Crippen molar-refractivity contribution >= 4 is 11.7 Å². The van der Waals surface area contributed by atoms with Crippen LogP contribution in [0.2, 0.25) is 0 Å². The molecule has 17 heavy (non-hydrogen) atoms. The number of esters is 1. The molecule has 2 N–H and O–H groups in total. The largest absolute Gasteiger partial charge is 0.461 e. The van der Waals surface area contributed by atoms with E-state index in [0.717, 1.165) is 5.69 Å². The second-order valence-electron chi connectivity index (χ2n) is 3.46. The monoisotopic (exact) mass is 231 g/mol. The number of carbonyl (C=O) groups is 1. The van der Waals surface area contributed by atoms with Crippen molar-refractivity contribution in [1.82, 2.24) is 9.55 Å². The number of rotatable bonds is 3. The first-order valence-electron chi connectivity index (χ1n) is 5.27. The van der Waals surface area contributed by atoms with Crippen LogP contribution in [0.1, 0.15) is 17.4 Å². The predicted octanol–water partition coefficient (Wildman–Crippen LogP) is 1.63. The Morgan fingerprint density at radius 1 is 1.41 bits per heavy atom. The van der Waals surface area contributed by atoms with Crippen LogP contribution < -0.4 is 5.73 Å².